The number of hydrogen-bond acceptors (Lipinski definition) is 2. The lowest BCUT2D eigenvalue weighted by atomic mass is 10.2. The molecule has 0 heterocycles. The maximum Gasteiger partial charge on any atom is 0.454 e. The van der Waals surface area contributed by atoms with Crippen LogP contribution in [0.25, 0.3) is 0 Å². The van der Waals surface area contributed by atoms with E-state index in [2.05, 4.69) is 4.74 Å². The molecule has 0 fully saturated rings. The Kier molecular flexibility index (Phi) is 4.51. The zero-order chi connectivity index (χ0) is 10.5. The van der Waals surface area contributed by atoms with E-state index in [4.69, 9.17) is 0 Å². The Morgan fingerprint density at radius 2 is 2.00 bits per heavy atom. The van der Waals surface area contributed by atoms with Crippen molar-refractivity contribution < 1.29 is 22.7 Å². The molecule has 0 spiro atoms. The highest BCUT2D eigenvalue weighted by Crippen LogP contribution is 2.18. The van der Waals surface area contributed by atoms with Gasteiger partial charge in [-0.2, -0.15) is 13.2 Å². The molecule has 0 unspecified atom stereocenters. The predicted octanol–water partition coefficient (Wildman–Crippen LogP) is 2.45. The highest BCUT2D eigenvalue weighted by atomic mass is 19.4. The van der Waals surface area contributed by atoms with Crippen molar-refractivity contribution in [2.24, 2.45) is 0 Å². The first-order valence-corrected chi connectivity index (χ1v) is 3.77. The van der Waals surface area contributed by atoms with Gasteiger partial charge in [-0.15, -0.1) is 0 Å². The Morgan fingerprint density at radius 3 is 2.31 bits per heavy atom. The fourth-order valence-electron chi connectivity index (χ4n) is 0.708. The highest BCUT2D eigenvalue weighted by Gasteiger charge is 2.36. The van der Waals surface area contributed by atoms with Crippen LogP contribution in [-0.4, -0.2) is 19.1 Å². The van der Waals surface area contributed by atoms with Crippen LogP contribution in [0.4, 0.5) is 13.2 Å². The molecule has 0 aromatic carbocycles. The topological polar surface area (TPSA) is 26.3 Å². The van der Waals surface area contributed by atoms with Gasteiger partial charge in [-0.25, -0.2) is 0 Å². The van der Waals surface area contributed by atoms with E-state index >= 15 is 0 Å². The summed E-state index contributed by atoms with van der Waals surface area (Å²) in [5, 5.41) is 0. The Balaban J connectivity index is 4.42. The summed E-state index contributed by atoms with van der Waals surface area (Å²) in [5.41, 5.74) is 0. The van der Waals surface area contributed by atoms with Gasteiger partial charge in [0.15, 0.2) is 0 Å². The van der Waals surface area contributed by atoms with E-state index in [1.165, 1.54) is 7.11 Å². The third kappa shape index (κ3) is 4.55. The van der Waals surface area contributed by atoms with Gasteiger partial charge in [0, 0.05) is 12.5 Å². The number of carbonyl (C=O) groups is 1. The van der Waals surface area contributed by atoms with Crippen molar-refractivity contribution in [3.63, 3.8) is 0 Å². The van der Waals surface area contributed by atoms with Crippen LogP contribution in [0.15, 0.2) is 11.8 Å². The van der Waals surface area contributed by atoms with E-state index in [-0.39, 0.29) is 5.76 Å². The number of rotatable bonds is 4. The molecule has 0 aliphatic carbocycles. The SMILES string of the molecule is CCC/C(=C\C(=O)C(F)(F)F)OC. The van der Waals surface area contributed by atoms with Gasteiger partial charge in [0.1, 0.15) is 0 Å². The molecule has 0 bridgehead atoms. The minimum atomic E-state index is -4.81. The van der Waals surface area contributed by atoms with Crippen LogP contribution >= 0.6 is 0 Å². The zero-order valence-electron chi connectivity index (χ0n) is 7.44. The lowest BCUT2D eigenvalue weighted by Crippen LogP contribution is -2.20. The first-order valence-electron chi connectivity index (χ1n) is 3.77. The molecule has 0 rings (SSSR count). The molecule has 0 N–H and O–H groups in total. The maximum atomic E-state index is 11.7. The lowest BCUT2D eigenvalue weighted by molar-refractivity contribution is -0.165. The average molecular weight is 196 g/mol. The van der Waals surface area contributed by atoms with E-state index in [1.807, 2.05) is 0 Å². The summed E-state index contributed by atoms with van der Waals surface area (Å²) in [6.07, 6.45) is -3.36. The monoisotopic (exact) mass is 196 g/mol. The second kappa shape index (κ2) is 4.89. The number of allylic oxidation sites excluding steroid dienone is 2. The number of hydrogen-bond donors (Lipinski definition) is 0. The summed E-state index contributed by atoms with van der Waals surface area (Å²) < 4.78 is 39.8. The quantitative estimate of drug-likeness (QED) is 0.510. The number of halogens is 3. The van der Waals surface area contributed by atoms with E-state index in [9.17, 15) is 18.0 Å². The van der Waals surface area contributed by atoms with Gasteiger partial charge in [-0.05, 0) is 6.42 Å². The van der Waals surface area contributed by atoms with Crippen LogP contribution in [0.5, 0.6) is 0 Å². The minimum absolute atomic E-state index is 0.0600. The van der Waals surface area contributed by atoms with Crippen LogP contribution in [0, 0.1) is 0 Å². The Hall–Kier alpha value is -1.00. The van der Waals surface area contributed by atoms with Gasteiger partial charge in [0.25, 0.3) is 5.78 Å². The number of methoxy groups -OCH3 is 1. The Labute approximate surface area is 74.4 Å². The van der Waals surface area contributed by atoms with Gasteiger partial charge in [-0.1, -0.05) is 6.92 Å². The lowest BCUT2D eigenvalue weighted by Gasteiger charge is -2.05. The van der Waals surface area contributed by atoms with Crippen molar-refractivity contribution >= 4 is 5.78 Å². The average Bonchev–Trinajstić information content (AvgIpc) is 2.01. The molecule has 0 radical (unpaired) electrons. The fraction of sp³-hybridized carbons (Fsp3) is 0.625. The molecule has 13 heavy (non-hydrogen) atoms. The number of ether oxygens (including phenoxy) is 1. The summed E-state index contributed by atoms with van der Waals surface area (Å²) in [5.74, 6) is -1.82. The molecule has 2 nitrogen and oxygen atoms in total. The molecule has 5 heteroatoms. The van der Waals surface area contributed by atoms with E-state index in [1.54, 1.807) is 6.92 Å². The molecule has 0 aromatic rings. The normalized spacial score (nSPS) is 12.8. The standard InChI is InChI=1S/C8H11F3O2/c1-3-4-6(13-2)5-7(12)8(9,10)11/h5H,3-4H2,1-2H3/b6-5+. The molecular formula is C8H11F3O2. The van der Waals surface area contributed by atoms with Crippen LogP contribution in [-0.2, 0) is 9.53 Å². The van der Waals surface area contributed by atoms with Crippen molar-refractivity contribution in [1.29, 1.82) is 0 Å². The number of ketones is 1. The molecule has 76 valence electrons. The third-order valence-electron chi connectivity index (χ3n) is 1.33. The first-order chi connectivity index (χ1) is 5.91. The summed E-state index contributed by atoms with van der Waals surface area (Å²) in [7, 11) is 1.24. The summed E-state index contributed by atoms with van der Waals surface area (Å²) in [6.45, 7) is 1.78. The molecule has 0 aliphatic rings. The van der Waals surface area contributed by atoms with Crippen molar-refractivity contribution in [3.8, 4) is 0 Å². The van der Waals surface area contributed by atoms with Crippen LogP contribution in [0.2, 0.25) is 0 Å². The zero-order valence-corrected chi connectivity index (χ0v) is 7.44. The van der Waals surface area contributed by atoms with Gasteiger partial charge < -0.3 is 4.74 Å². The molecule has 0 saturated carbocycles. The van der Waals surface area contributed by atoms with E-state index < -0.39 is 12.0 Å². The smallest absolute Gasteiger partial charge is 0.454 e. The largest absolute Gasteiger partial charge is 0.501 e. The number of alkyl halides is 3. The van der Waals surface area contributed by atoms with Crippen LogP contribution < -0.4 is 0 Å². The maximum absolute atomic E-state index is 11.7. The van der Waals surface area contributed by atoms with Gasteiger partial charge in [-0.3, -0.25) is 4.79 Å². The molecule has 0 aliphatic heterocycles. The van der Waals surface area contributed by atoms with Crippen LogP contribution in [0.3, 0.4) is 0 Å². The molecule has 0 amide bonds. The second-order valence-electron chi connectivity index (χ2n) is 2.43. The molecular weight excluding hydrogens is 185 g/mol. The molecule has 0 saturated heterocycles. The third-order valence-corrected chi connectivity index (χ3v) is 1.33. The minimum Gasteiger partial charge on any atom is -0.501 e. The molecule has 0 atom stereocenters. The van der Waals surface area contributed by atoms with Crippen molar-refractivity contribution in [2.45, 2.75) is 25.9 Å². The summed E-state index contributed by atoms with van der Waals surface area (Å²) in [6, 6.07) is 0. The number of carbonyl (C=O) groups excluding carboxylic acids is 1. The van der Waals surface area contributed by atoms with Gasteiger partial charge in [0.2, 0.25) is 0 Å². The van der Waals surface area contributed by atoms with E-state index in [0.717, 1.165) is 0 Å². The second-order valence-corrected chi connectivity index (χ2v) is 2.43. The Bertz CT molecular complexity index is 206. The van der Waals surface area contributed by atoms with Crippen molar-refractivity contribution in [2.75, 3.05) is 7.11 Å². The predicted molar refractivity (Wildman–Crippen MR) is 41.1 cm³/mol. The summed E-state index contributed by atoms with van der Waals surface area (Å²) in [4.78, 5) is 10.4. The first kappa shape index (κ1) is 12.0. The van der Waals surface area contributed by atoms with Crippen molar-refractivity contribution in [3.05, 3.63) is 11.8 Å². The van der Waals surface area contributed by atoms with Gasteiger partial charge in [0.05, 0.1) is 12.9 Å². The summed E-state index contributed by atoms with van der Waals surface area (Å²) >= 11 is 0. The molecule has 0 aromatic heterocycles. The van der Waals surface area contributed by atoms with E-state index in [0.29, 0.717) is 18.9 Å². The Morgan fingerprint density at radius 1 is 1.46 bits per heavy atom. The van der Waals surface area contributed by atoms with Gasteiger partial charge >= 0.3 is 6.18 Å². The fourth-order valence-corrected chi connectivity index (χ4v) is 0.708. The van der Waals surface area contributed by atoms with Crippen molar-refractivity contribution in [1.82, 2.24) is 0 Å². The van der Waals surface area contributed by atoms with Crippen LogP contribution in [0.1, 0.15) is 19.8 Å². The highest BCUT2D eigenvalue weighted by molar-refractivity contribution is 5.94.